The second kappa shape index (κ2) is 9.30. The Labute approximate surface area is 160 Å². The van der Waals surface area contributed by atoms with Gasteiger partial charge in [0.05, 0.1) is 11.6 Å². The van der Waals surface area contributed by atoms with Gasteiger partial charge in [0, 0.05) is 0 Å². The third kappa shape index (κ3) is 5.25. The molecule has 0 saturated carbocycles. The standard InChI is InChI=1S/C24H22N2O/c1-19(17-18-20-11-5-2-6-12-20)25-26-24(27)23(21-13-7-3-8-14-21)22-15-9-4-10-16-22/h2-18,23H,1H3,(H,26,27)/b18-17+,25-19+. The number of allylic oxidation sites excluding steroid dienone is 1. The van der Waals surface area contributed by atoms with Crippen LogP contribution >= 0.6 is 0 Å². The summed E-state index contributed by atoms with van der Waals surface area (Å²) in [6, 6.07) is 29.5. The van der Waals surface area contributed by atoms with Crippen LogP contribution in [0.5, 0.6) is 0 Å². The number of amides is 1. The highest BCUT2D eigenvalue weighted by Gasteiger charge is 2.22. The van der Waals surface area contributed by atoms with Crippen molar-refractivity contribution in [2.24, 2.45) is 5.10 Å². The molecule has 1 N–H and O–H groups in total. The minimum Gasteiger partial charge on any atom is -0.272 e. The molecule has 0 atom stereocenters. The summed E-state index contributed by atoms with van der Waals surface area (Å²) in [4.78, 5) is 12.9. The van der Waals surface area contributed by atoms with Crippen LogP contribution in [0.2, 0.25) is 0 Å². The molecule has 0 aliphatic heterocycles. The first-order valence-corrected chi connectivity index (χ1v) is 8.91. The van der Waals surface area contributed by atoms with Crippen molar-refractivity contribution >= 4 is 17.7 Å². The van der Waals surface area contributed by atoms with Crippen LogP contribution < -0.4 is 5.43 Å². The fraction of sp³-hybridized carbons (Fsp3) is 0.0833. The lowest BCUT2D eigenvalue weighted by molar-refractivity contribution is -0.121. The quantitative estimate of drug-likeness (QED) is 0.490. The summed E-state index contributed by atoms with van der Waals surface area (Å²) in [6.45, 7) is 1.86. The first-order valence-electron chi connectivity index (χ1n) is 8.91. The first kappa shape index (κ1) is 18.3. The van der Waals surface area contributed by atoms with Crippen LogP contribution in [-0.2, 0) is 4.79 Å². The van der Waals surface area contributed by atoms with Gasteiger partial charge in [-0.2, -0.15) is 5.10 Å². The SMILES string of the molecule is CC(/C=C/c1ccccc1)=N\NC(=O)C(c1ccccc1)c1ccccc1. The topological polar surface area (TPSA) is 41.5 Å². The molecule has 0 saturated heterocycles. The van der Waals surface area contributed by atoms with Crippen molar-refractivity contribution in [1.82, 2.24) is 5.43 Å². The molecule has 0 aliphatic rings. The Kier molecular flexibility index (Phi) is 6.31. The zero-order valence-corrected chi connectivity index (χ0v) is 15.2. The molecule has 0 aliphatic carbocycles. The van der Waals surface area contributed by atoms with E-state index in [1.165, 1.54) is 0 Å². The van der Waals surface area contributed by atoms with Crippen LogP contribution in [0.15, 0.2) is 102 Å². The Morgan fingerprint density at radius 1 is 0.815 bits per heavy atom. The van der Waals surface area contributed by atoms with Gasteiger partial charge in [-0.25, -0.2) is 5.43 Å². The highest BCUT2D eigenvalue weighted by Crippen LogP contribution is 2.24. The third-order valence-electron chi connectivity index (χ3n) is 4.19. The summed E-state index contributed by atoms with van der Waals surface area (Å²) in [5, 5.41) is 4.24. The first-order chi connectivity index (χ1) is 13.2. The van der Waals surface area contributed by atoms with E-state index in [9.17, 15) is 4.79 Å². The van der Waals surface area contributed by atoms with Gasteiger partial charge in [-0.1, -0.05) is 97.1 Å². The van der Waals surface area contributed by atoms with E-state index < -0.39 is 5.92 Å². The summed E-state index contributed by atoms with van der Waals surface area (Å²) >= 11 is 0. The zero-order valence-electron chi connectivity index (χ0n) is 15.2. The number of hydrogen-bond donors (Lipinski definition) is 1. The van der Waals surface area contributed by atoms with Crippen molar-refractivity contribution in [3.05, 3.63) is 114 Å². The lowest BCUT2D eigenvalue weighted by Crippen LogP contribution is -2.26. The van der Waals surface area contributed by atoms with Crippen molar-refractivity contribution in [3.8, 4) is 0 Å². The molecule has 1 amide bonds. The molecule has 0 aromatic heterocycles. The smallest absolute Gasteiger partial charge is 0.252 e. The minimum atomic E-state index is -0.401. The predicted molar refractivity (Wildman–Crippen MR) is 111 cm³/mol. The van der Waals surface area contributed by atoms with Gasteiger partial charge in [-0.3, -0.25) is 4.79 Å². The summed E-state index contributed by atoms with van der Waals surface area (Å²) in [5.74, 6) is -0.554. The fourth-order valence-corrected chi connectivity index (χ4v) is 2.81. The van der Waals surface area contributed by atoms with E-state index in [1.54, 1.807) is 0 Å². The molecule has 134 valence electrons. The Balaban J connectivity index is 1.76. The van der Waals surface area contributed by atoms with Crippen LogP contribution in [0.3, 0.4) is 0 Å². The summed E-state index contributed by atoms with van der Waals surface area (Å²) in [5.41, 5.74) is 6.41. The van der Waals surface area contributed by atoms with E-state index in [1.807, 2.05) is 110 Å². The van der Waals surface area contributed by atoms with E-state index in [0.29, 0.717) is 0 Å². The largest absolute Gasteiger partial charge is 0.272 e. The lowest BCUT2D eigenvalue weighted by Gasteiger charge is -2.16. The Morgan fingerprint density at radius 3 is 1.81 bits per heavy atom. The van der Waals surface area contributed by atoms with Crippen LogP contribution in [0, 0.1) is 0 Å². The number of benzene rings is 3. The van der Waals surface area contributed by atoms with Gasteiger partial charge in [-0.15, -0.1) is 0 Å². The molecule has 0 radical (unpaired) electrons. The maximum absolute atomic E-state index is 12.9. The summed E-state index contributed by atoms with van der Waals surface area (Å²) < 4.78 is 0. The highest BCUT2D eigenvalue weighted by molar-refractivity contribution is 5.97. The molecule has 3 nitrogen and oxygen atoms in total. The molecular formula is C24H22N2O. The maximum atomic E-state index is 12.9. The zero-order chi connectivity index (χ0) is 18.9. The average Bonchev–Trinajstić information content (AvgIpc) is 2.73. The van der Waals surface area contributed by atoms with E-state index >= 15 is 0 Å². The third-order valence-corrected chi connectivity index (χ3v) is 4.19. The molecule has 0 fully saturated rings. The van der Waals surface area contributed by atoms with Crippen molar-refractivity contribution in [2.75, 3.05) is 0 Å². The van der Waals surface area contributed by atoms with Crippen LogP contribution in [0.4, 0.5) is 0 Å². The molecule has 0 spiro atoms. The van der Waals surface area contributed by atoms with Crippen molar-refractivity contribution < 1.29 is 4.79 Å². The van der Waals surface area contributed by atoms with Crippen molar-refractivity contribution in [1.29, 1.82) is 0 Å². The Bertz CT molecular complexity index is 877. The van der Waals surface area contributed by atoms with Crippen LogP contribution in [-0.4, -0.2) is 11.6 Å². The van der Waals surface area contributed by atoms with Gasteiger partial charge in [0.15, 0.2) is 0 Å². The number of carbonyl (C=O) groups is 1. The molecule has 3 heteroatoms. The maximum Gasteiger partial charge on any atom is 0.252 e. The van der Waals surface area contributed by atoms with Crippen molar-refractivity contribution in [2.45, 2.75) is 12.8 Å². The number of hydrogen-bond acceptors (Lipinski definition) is 2. The van der Waals surface area contributed by atoms with Gasteiger partial charge in [0.2, 0.25) is 0 Å². The van der Waals surface area contributed by atoms with E-state index in [2.05, 4.69) is 10.5 Å². The molecule has 3 aromatic rings. The molecular weight excluding hydrogens is 332 g/mol. The average molecular weight is 354 g/mol. The fourth-order valence-electron chi connectivity index (χ4n) is 2.81. The number of carbonyl (C=O) groups excluding carboxylic acids is 1. The van der Waals surface area contributed by atoms with Gasteiger partial charge in [-0.05, 0) is 29.7 Å². The van der Waals surface area contributed by atoms with E-state index in [4.69, 9.17) is 0 Å². The number of nitrogens with zero attached hydrogens (tertiary/aromatic N) is 1. The predicted octanol–water partition coefficient (Wildman–Crippen LogP) is 5.02. The molecule has 0 heterocycles. The molecule has 3 rings (SSSR count). The van der Waals surface area contributed by atoms with Gasteiger partial charge in [0.25, 0.3) is 5.91 Å². The Hall–Kier alpha value is -3.46. The van der Waals surface area contributed by atoms with Crippen LogP contribution in [0.25, 0.3) is 6.08 Å². The van der Waals surface area contributed by atoms with E-state index in [-0.39, 0.29) is 5.91 Å². The number of hydrazone groups is 1. The Morgan fingerprint density at radius 2 is 1.30 bits per heavy atom. The highest BCUT2D eigenvalue weighted by atomic mass is 16.2. The summed E-state index contributed by atoms with van der Waals surface area (Å²) in [7, 11) is 0. The minimum absolute atomic E-state index is 0.153. The van der Waals surface area contributed by atoms with Crippen molar-refractivity contribution in [3.63, 3.8) is 0 Å². The molecule has 3 aromatic carbocycles. The van der Waals surface area contributed by atoms with Gasteiger partial charge >= 0.3 is 0 Å². The van der Waals surface area contributed by atoms with Crippen LogP contribution in [0.1, 0.15) is 29.5 Å². The molecule has 0 unspecified atom stereocenters. The molecule has 0 bridgehead atoms. The normalized spacial score (nSPS) is 11.7. The number of rotatable bonds is 6. The number of nitrogens with one attached hydrogen (secondary N) is 1. The summed E-state index contributed by atoms with van der Waals surface area (Å²) in [6.07, 6.45) is 3.85. The monoisotopic (exact) mass is 354 g/mol. The van der Waals surface area contributed by atoms with Gasteiger partial charge < -0.3 is 0 Å². The van der Waals surface area contributed by atoms with E-state index in [0.717, 1.165) is 22.4 Å². The van der Waals surface area contributed by atoms with Gasteiger partial charge in [0.1, 0.15) is 0 Å². The lowest BCUT2D eigenvalue weighted by atomic mass is 9.91. The second-order valence-electron chi connectivity index (χ2n) is 6.23. The second-order valence-corrected chi connectivity index (χ2v) is 6.23. The molecule has 27 heavy (non-hydrogen) atoms.